The number of aromatic nitrogens is 1. The quantitative estimate of drug-likeness (QED) is 0.744. The molecule has 2 N–H and O–H groups in total. The van der Waals surface area contributed by atoms with Gasteiger partial charge in [-0.3, -0.25) is 9.78 Å². The van der Waals surface area contributed by atoms with Gasteiger partial charge in [-0.2, -0.15) is 4.31 Å². The van der Waals surface area contributed by atoms with Gasteiger partial charge in [0.25, 0.3) is 0 Å². The summed E-state index contributed by atoms with van der Waals surface area (Å²) < 4.78 is 30.9. The lowest BCUT2D eigenvalue weighted by Crippen LogP contribution is -2.55. The van der Waals surface area contributed by atoms with E-state index in [1.807, 2.05) is 0 Å². The highest BCUT2D eigenvalue weighted by atomic mass is 32.2. The molecule has 1 saturated heterocycles. The molecule has 8 nitrogen and oxygen atoms in total. The third kappa shape index (κ3) is 2.89. The first kappa shape index (κ1) is 14.7. The fourth-order valence-corrected chi connectivity index (χ4v) is 3.34. The van der Waals surface area contributed by atoms with Crippen LogP contribution in [0.4, 0.5) is 0 Å². The number of hydrogen-bond acceptors (Lipinski definition) is 6. The third-order valence-electron chi connectivity index (χ3n) is 3.00. The van der Waals surface area contributed by atoms with Crippen LogP contribution in [0.15, 0.2) is 23.4 Å². The van der Waals surface area contributed by atoms with Crippen molar-refractivity contribution in [3.05, 3.63) is 18.5 Å². The molecule has 0 aromatic carbocycles. The molecule has 110 valence electrons. The Morgan fingerprint density at radius 1 is 1.55 bits per heavy atom. The molecule has 1 unspecified atom stereocenters. The minimum atomic E-state index is -3.77. The molecule has 0 saturated carbocycles. The normalized spacial score (nSPS) is 20.6. The number of methoxy groups -OCH3 is 1. The zero-order valence-electron chi connectivity index (χ0n) is 10.8. The van der Waals surface area contributed by atoms with E-state index >= 15 is 0 Å². The molecule has 1 aromatic rings. The van der Waals surface area contributed by atoms with Gasteiger partial charge in [0, 0.05) is 31.9 Å². The summed E-state index contributed by atoms with van der Waals surface area (Å²) in [5, 5.41) is 11.7. The summed E-state index contributed by atoms with van der Waals surface area (Å²) in [7, 11) is -2.36. The maximum Gasteiger partial charge on any atom is 0.322 e. The number of carboxylic acid groups (broad SMARTS) is 1. The van der Waals surface area contributed by atoms with E-state index < -0.39 is 22.0 Å². The average molecular weight is 301 g/mol. The lowest BCUT2D eigenvalue weighted by Gasteiger charge is -2.30. The SMILES string of the molecule is COc1cncc(S(=O)(=O)N2CCNC(C(=O)O)C2)c1. The van der Waals surface area contributed by atoms with Crippen molar-refractivity contribution in [1.29, 1.82) is 0 Å². The van der Waals surface area contributed by atoms with E-state index in [1.165, 1.54) is 25.6 Å². The van der Waals surface area contributed by atoms with Gasteiger partial charge < -0.3 is 15.2 Å². The lowest BCUT2D eigenvalue weighted by molar-refractivity contribution is -0.140. The molecular formula is C11H15N3O5S. The van der Waals surface area contributed by atoms with Gasteiger partial charge in [0.05, 0.1) is 13.3 Å². The fourth-order valence-electron chi connectivity index (χ4n) is 1.91. The Bertz CT molecular complexity index is 604. The van der Waals surface area contributed by atoms with Gasteiger partial charge >= 0.3 is 5.97 Å². The highest BCUT2D eigenvalue weighted by Gasteiger charge is 2.33. The van der Waals surface area contributed by atoms with Gasteiger partial charge in [-0.1, -0.05) is 0 Å². The maximum absolute atomic E-state index is 12.4. The van der Waals surface area contributed by atoms with Gasteiger partial charge in [0.15, 0.2) is 0 Å². The first-order chi connectivity index (χ1) is 9.45. The molecule has 0 radical (unpaired) electrons. The highest BCUT2D eigenvalue weighted by Crippen LogP contribution is 2.20. The number of aliphatic carboxylic acids is 1. The molecule has 0 amide bonds. The maximum atomic E-state index is 12.4. The van der Waals surface area contributed by atoms with E-state index in [-0.39, 0.29) is 24.5 Å². The summed E-state index contributed by atoms with van der Waals surface area (Å²) in [6, 6.07) is 0.456. The van der Waals surface area contributed by atoms with Gasteiger partial charge in [-0.25, -0.2) is 8.42 Å². The molecule has 1 aliphatic heterocycles. The van der Waals surface area contributed by atoms with Crippen molar-refractivity contribution in [2.24, 2.45) is 0 Å². The summed E-state index contributed by atoms with van der Waals surface area (Å²) in [5.74, 6) is -0.746. The average Bonchev–Trinajstić information content (AvgIpc) is 2.47. The van der Waals surface area contributed by atoms with E-state index in [0.717, 1.165) is 4.31 Å². The van der Waals surface area contributed by atoms with Gasteiger partial charge in [0.1, 0.15) is 16.7 Å². The molecule has 20 heavy (non-hydrogen) atoms. The molecule has 1 atom stereocenters. The molecule has 2 heterocycles. The molecule has 0 spiro atoms. The second-order valence-corrected chi connectivity index (χ2v) is 6.21. The highest BCUT2D eigenvalue weighted by molar-refractivity contribution is 7.89. The Morgan fingerprint density at radius 3 is 2.95 bits per heavy atom. The van der Waals surface area contributed by atoms with E-state index in [4.69, 9.17) is 9.84 Å². The molecular weight excluding hydrogens is 286 g/mol. The van der Waals surface area contributed by atoms with Gasteiger partial charge in [-0.15, -0.1) is 0 Å². The Balaban J connectivity index is 2.27. The number of sulfonamides is 1. The van der Waals surface area contributed by atoms with Crippen molar-refractivity contribution in [2.45, 2.75) is 10.9 Å². The van der Waals surface area contributed by atoms with E-state index in [2.05, 4.69) is 10.3 Å². The molecule has 0 bridgehead atoms. The van der Waals surface area contributed by atoms with Crippen LogP contribution in [0.1, 0.15) is 0 Å². The summed E-state index contributed by atoms with van der Waals surface area (Å²) in [5.41, 5.74) is 0. The summed E-state index contributed by atoms with van der Waals surface area (Å²) in [6.07, 6.45) is 2.62. The number of carbonyl (C=O) groups is 1. The predicted molar refractivity (Wildman–Crippen MR) is 69.0 cm³/mol. The van der Waals surface area contributed by atoms with Crippen molar-refractivity contribution in [3.63, 3.8) is 0 Å². The zero-order chi connectivity index (χ0) is 14.8. The molecule has 1 aliphatic rings. The Kier molecular flexibility index (Phi) is 4.21. The number of nitrogens with zero attached hydrogens (tertiary/aromatic N) is 2. The number of rotatable bonds is 4. The van der Waals surface area contributed by atoms with Gasteiger partial charge in [0.2, 0.25) is 10.0 Å². The lowest BCUT2D eigenvalue weighted by atomic mass is 10.2. The van der Waals surface area contributed by atoms with Crippen LogP contribution < -0.4 is 10.1 Å². The van der Waals surface area contributed by atoms with Crippen LogP contribution in [0.5, 0.6) is 5.75 Å². The smallest absolute Gasteiger partial charge is 0.322 e. The number of carboxylic acids is 1. The minimum absolute atomic E-state index is 0.0112. The van der Waals surface area contributed by atoms with Crippen molar-refractivity contribution in [3.8, 4) is 5.75 Å². The largest absolute Gasteiger partial charge is 0.495 e. The van der Waals surface area contributed by atoms with E-state index in [9.17, 15) is 13.2 Å². The topological polar surface area (TPSA) is 109 Å². The van der Waals surface area contributed by atoms with Crippen LogP contribution in [0.3, 0.4) is 0 Å². The fraction of sp³-hybridized carbons (Fsp3) is 0.455. The van der Waals surface area contributed by atoms with E-state index in [0.29, 0.717) is 5.75 Å². The van der Waals surface area contributed by atoms with Crippen LogP contribution >= 0.6 is 0 Å². The Hall–Kier alpha value is -1.71. The number of hydrogen-bond donors (Lipinski definition) is 2. The molecule has 1 aromatic heterocycles. The summed E-state index contributed by atoms with van der Waals surface area (Å²) >= 11 is 0. The first-order valence-corrected chi connectivity index (χ1v) is 7.34. The van der Waals surface area contributed by atoms with E-state index in [1.54, 1.807) is 0 Å². The standard InChI is InChI=1S/C11H15N3O5S/c1-19-8-4-9(6-12-5-8)20(17,18)14-3-2-13-10(7-14)11(15)16/h4-6,10,13H,2-3,7H2,1H3,(H,15,16). The molecule has 0 aliphatic carbocycles. The van der Waals surface area contributed by atoms with Crippen LogP contribution in [-0.4, -0.2) is 61.6 Å². The summed E-state index contributed by atoms with van der Waals surface area (Å²) in [4.78, 5) is 14.7. The van der Waals surface area contributed by atoms with Crippen LogP contribution in [0.2, 0.25) is 0 Å². The van der Waals surface area contributed by atoms with Crippen molar-refractivity contribution in [2.75, 3.05) is 26.7 Å². The minimum Gasteiger partial charge on any atom is -0.495 e. The number of pyridine rings is 1. The molecule has 2 rings (SSSR count). The number of ether oxygens (including phenoxy) is 1. The first-order valence-electron chi connectivity index (χ1n) is 5.90. The zero-order valence-corrected chi connectivity index (χ0v) is 11.6. The number of piperazine rings is 1. The van der Waals surface area contributed by atoms with Crippen LogP contribution in [-0.2, 0) is 14.8 Å². The van der Waals surface area contributed by atoms with Crippen LogP contribution in [0.25, 0.3) is 0 Å². The van der Waals surface area contributed by atoms with Crippen molar-refractivity contribution < 1.29 is 23.1 Å². The number of nitrogens with one attached hydrogen (secondary N) is 1. The van der Waals surface area contributed by atoms with Crippen molar-refractivity contribution >= 4 is 16.0 Å². The second-order valence-electron chi connectivity index (χ2n) is 4.27. The monoisotopic (exact) mass is 301 g/mol. The molecule has 9 heteroatoms. The van der Waals surface area contributed by atoms with Crippen LogP contribution in [0, 0.1) is 0 Å². The van der Waals surface area contributed by atoms with Gasteiger partial charge in [-0.05, 0) is 0 Å². The van der Waals surface area contributed by atoms with Crippen molar-refractivity contribution in [1.82, 2.24) is 14.6 Å². The summed E-state index contributed by atoms with van der Waals surface area (Å²) in [6.45, 7) is 0.381. The second kappa shape index (κ2) is 5.73. The Morgan fingerprint density at radius 2 is 2.30 bits per heavy atom. The predicted octanol–water partition coefficient (Wildman–Crippen LogP) is -0.863. The molecule has 1 fully saturated rings. The Labute approximate surface area is 116 Å². The third-order valence-corrected chi connectivity index (χ3v) is 4.83.